The molecule has 2 aromatic rings. The molecule has 2 aliphatic heterocycles. The van der Waals surface area contributed by atoms with Crippen LogP contribution in [0.15, 0.2) is 36.4 Å². The number of fused-ring (bicyclic) bond motifs is 3. The number of aryl methyl sites for hydroxylation is 2. The van der Waals surface area contributed by atoms with Gasteiger partial charge >= 0.3 is 6.18 Å². The highest BCUT2D eigenvalue weighted by molar-refractivity contribution is 7.91. The molecule has 0 bridgehead atoms. The topological polar surface area (TPSA) is 54.5 Å². The molecule has 0 saturated carbocycles. The van der Waals surface area contributed by atoms with Gasteiger partial charge in [0.2, 0.25) is 11.6 Å². The summed E-state index contributed by atoms with van der Waals surface area (Å²) < 4.78 is 93.2. The molecule has 5 rings (SSSR count). The van der Waals surface area contributed by atoms with E-state index in [9.17, 15) is 35.2 Å². The van der Waals surface area contributed by atoms with Crippen LogP contribution >= 0.6 is 0 Å². The average molecular weight is 570 g/mol. The molecule has 4 nitrogen and oxygen atoms in total. The molecule has 3 unspecified atom stereocenters. The molecule has 3 atom stereocenters. The van der Waals surface area contributed by atoms with Crippen LogP contribution < -0.4 is 0 Å². The van der Waals surface area contributed by atoms with Crippen molar-refractivity contribution in [3.63, 3.8) is 0 Å². The summed E-state index contributed by atoms with van der Waals surface area (Å²) in [6.07, 6.45) is -2.64. The lowest BCUT2D eigenvalue weighted by Gasteiger charge is -2.44. The fraction of sp³-hybridized carbons (Fsp3) is 0.552. The van der Waals surface area contributed by atoms with Gasteiger partial charge < -0.3 is 4.90 Å². The molecular formula is C29H32F5NO3S. The van der Waals surface area contributed by atoms with Gasteiger partial charge in [-0.1, -0.05) is 30.3 Å². The maximum Gasteiger partial charge on any atom is 0.426 e. The molecule has 0 aromatic heterocycles. The monoisotopic (exact) mass is 569 g/mol. The summed E-state index contributed by atoms with van der Waals surface area (Å²) in [7, 11) is -3.14. The first-order valence-electron chi connectivity index (χ1n) is 13.3. The standard InChI is InChI=1S/C29H32F5NO3S/c1-18-15-19(3-7-24(18)30)17-28-11-12-35(26(36)20-9-13-39(37,38)14-10-20)25(28)8-4-21-16-22(5-6-23(21)28)27(2,31)29(32,33)34/h3,5-7,15-16,20,25H,4,8-14,17H2,1-2H3. The van der Waals surface area contributed by atoms with Gasteiger partial charge in [0.15, 0.2) is 0 Å². The summed E-state index contributed by atoms with van der Waals surface area (Å²) in [4.78, 5) is 15.5. The van der Waals surface area contributed by atoms with Gasteiger partial charge in [0.25, 0.3) is 0 Å². The predicted molar refractivity (Wildman–Crippen MR) is 137 cm³/mol. The fourth-order valence-corrected chi connectivity index (χ4v) is 8.33. The zero-order valence-corrected chi connectivity index (χ0v) is 22.8. The van der Waals surface area contributed by atoms with Gasteiger partial charge in [0.1, 0.15) is 15.7 Å². The van der Waals surface area contributed by atoms with Crippen molar-refractivity contribution in [2.24, 2.45) is 5.92 Å². The zero-order valence-electron chi connectivity index (χ0n) is 22.0. The van der Waals surface area contributed by atoms with E-state index in [1.165, 1.54) is 18.2 Å². The molecule has 0 N–H and O–H groups in total. The smallest absolute Gasteiger partial charge is 0.339 e. The van der Waals surface area contributed by atoms with E-state index in [2.05, 4.69) is 0 Å². The third kappa shape index (κ3) is 4.87. The highest BCUT2D eigenvalue weighted by atomic mass is 32.2. The maximum absolute atomic E-state index is 14.9. The molecule has 212 valence electrons. The number of halogens is 5. The first-order chi connectivity index (χ1) is 18.1. The van der Waals surface area contributed by atoms with Crippen LogP contribution in [0.1, 0.15) is 60.4 Å². The van der Waals surface area contributed by atoms with E-state index in [0.717, 1.165) is 11.1 Å². The molecular weight excluding hydrogens is 537 g/mol. The second-order valence-electron chi connectivity index (χ2n) is 11.6. The Kier molecular flexibility index (Phi) is 6.88. The number of carbonyl (C=O) groups excluding carboxylic acids is 1. The minimum atomic E-state index is -5.06. The lowest BCUT2D eigenvalue weighted by atomic mass is 9.63. The zero-order chi connectivity index (χ0) is 28.4. The van der Waals surface area contributed by atoms with Crippen molar-refractivity contribution in [2.75, 3.05) is 18.1 Å². The van der Waals surface area contributed by atoms with Crippen molar-refractivity contribution in [3.8, 4) is 0 Å². The molecule has 0 spiro atoms. The summed E-state index contributed by atoms with van der Waals surface area (Å²) in [6, 6.07) is 8.67. The Balaban J connectivity index is 1.54. The summed E-state index contributed by atoms with van der Waals surface area (Å²) in [5, 5.41) is 0. The maximum atomic E-state index is 14.9. The van der Waals surface area contributed by atoms with Gasteiger partial charge in [-0.2, -0.15) is 13.2 Å². The number of hydrogen-bond donors (Lipinski definition) is 0. The lowest BCUT2D eigenvalue weighted by Crippen LogP contribution is -2.51. The number of likely N-dealkylation sites (tertiary alicyclic amines) is 1. The Morgan fingerprint density at radius 2 is 1.74 bits per heavy atom. The van der Waals surface area contributed by atoms with Gasteiger partial charge in [-0.15, -0.1) is 0 Å². The van der Waals surface area contributed by atoms with Crippen LogP contribution in [-0.2, 0) is 38.6 Å². The Hall–Kier alpha value is -2.49. The van der Waals surface area contributed by atoms with Crippen LogP contribution in [0.2, 0.25) is 0 Å². The molecule has 10 heteroatoms. The van der Waals surface area contributed by atoms with E-state index in [0.29, 0.717) is 50.3 Å². The average Bonchev–Trinajstić information content (AvgIpc) is 3.24. The number of hydrogen-bond acceptors (Lipinski definition) is 3. The Morgan fingerprint density at radius 1 is 1.05 bits per heavy atom. The first kappa shape index (κ1) is 28.1. The normalized spacial score (nSPS) is 26.5. The fourth-order valence-electron chi connectivity index (χ4n) is 6.84. The molecule has 1 amide bonds. The highest BCUT2D eigenvalue weighted by Gasteiger charge is 2.56. The van der Waals surface area contributed by atoms with E-state index in [1.807, 2.05) is 4.90 Å². The van der Waals surface area contributed by atoms with E-state index >= 15 is 0 Å². The third-order valence-corrected chi connectivity index (χ3v) is 10.9. The molecule has 2 aromatic carbocycles. The summed E-state index contributed by atoms with van der Waals surface area (Å²) >= 11 is 0. The molecule has 2 saturated heterocycles. The third-order valence-electron chi connectivity index (χ3n) is 9.15. The Labute approximate surface area is 225 Å². The van der Waals surface area contributed by atoms with E-state index in [-0.39, 0.29) is 48.0 Å². The van der Waals surface area contributed by atoms with E-state index < -0.39 is 32.7 Å². The van der Waals surface area contributed by atoms with Crippen LogP contribution in [0.3, 0.4) is 0 Å². The molecule has 1 aliphatic carbocycles. The van der Waals surface area contributed by atoms with Gasteiger partial charge in [0, 0.05) is 23.9 Å². The number of benzene rings is 2. The Morgan fingerprint density at radius 3 is 2.38 bits per heavy atom. The number of alkyl halides is 4. The van der Waals surface area contributed by atoms with Crippen molar-refractivity contribution >= 4 is 15.7 Å². The molecule has 0 radical (unpaired) electrons. The lowest BCUT2D eigenvalue weighted by molar-refractivity contribution is -0.228. The van der Waals surface area contributed by atoms with Gasteiger partial charge in [-0.3, -0.25) is 4.79 Å². The number of carbonyl (C=O) groups is 1. The summed E-state index contributed by atoms with van der Waals surface area (Å²) in [5.74, 6) is -0.851. The predicted octanol–water partition coefficient (Wildman–Crippen LogP) is 5.73. The molecule has 39 heavy (non-hydrogen) atoms. The highest BCUT2D eigenvalue weighted by Crippen LogP contribution is 2.51. The second-order valence-corrected chi connectivity index (χ2v) is 13.9. The van der Waals surface area contributed by atoms with E-state index in [1.54, 1.807) is 25.1 Å². The number of nitrogens with zero attached hydrogens (tertiary/aromatic N) is 1. The number of rotatable bonds is 4. The molecule has 3 aliphatic rings. The molecule has 2 heterocycles. The minimum Gasteiger partial charge on any atom is -0.339 e. The largest absolute Gasteiger partial charge is 0.426 e. The first-order valence-corrected chi connectivity index (χ1v) is 15.1. The summed E-state index contributed by atoms with van der Waals surface area (Å²) in [6.45, 7) is 2.62. The van der Waals surface area contributed by atoms with Crippen molar-refractivity contribution in [2.45, 2.75) is 75.7 Å². The van der Waals surface area contributed by atoms with E-state index in [4.69, 9.17) is 0 Å². The summed E-state index contributed by atoms with van der Waals surface area (Å²) in [5.41, 5.74) is -1.84. The van der Waals surface area contributed by atoms with Crippen molar-refractivity contribution in [1.82, 2.24) is 4.90 Å². The SMILES string of the molecule is Cc1cc(CC23CCN(C(=O)C4CCS(=O)(=O)CC4)C2CCc2cc(C(C)(F)C(F)(F)F)ccc23)ccc1F. The van der Waals surface area contributed by atoms with Crippen LogP contribution in [-0.4, -0.2) is 49.5 Å². The van der Waals surface area contributed by atoms with Crippen molar-refractivity contribution < 1.29 is 35.2 Å². The van der Waals surface area contributed by atoms with Crippen molar-refractivity contribution in [3.05, 3.63) is 70.0 Å². The van der Waals surface area contributed by atoms with Gasteiger partial charge in [-0.25, -0.2) is 17.2 Å². The van der Waals surface area contributed by atoms with Gasteiger partial charge in [0.05, 0.1) is 11.5 Å². The quantitative estimate of drug-likeness (QED) is 0.442. The number of sulfone groups is 1. The second kappa shape index (κ2) is 9.56. The van der Waals surface area contributed by atoms with Gasteiger partial charge in [-0.05, 0) is 86.3 Å². The van der Waals surface area contributed by atoms with Crippen LogP contribution in [0.25, 0.3) is 0 Å². The van der Waals surface area contributed by atoms with Crippen LogP contribution in [0.4, 0.5) is 22.0 Å². The van der Waals surface area contributed by atoms with Crippen molar-refractivity contribution in [1.29, 1.82) is 0 Å². The van der Waals surface area contributed by atoms with Crippen LogP contribution in [0, 0.1) is 18.7 Å². The Bertz CT molecular complexity index is 1390. The minimum absolute atomic E-state index is 0.0191. The van der Waals surface area contributed by atoms with Crippen LogP contribution in [0.5, 0.6) is 0 Å². The number of amides is 1. The molecule has 2 fully saturated rings.